The minimum atomic E-state index is -0.410. The zero-order valence-corrected chi connectivity index (χ0v) is 12.9. The second-order valence-corrected chi connectivity index (χ2v) is 5.41. The molecule has 6 heteroatoms. The third kappa shape index (κ3) is 3.70. The van der Waals surface area contributed by atoms with Gasteiger partial charge in [-0.3, -0.25) is 14.6 Å². The fourth-order valence-corrected chi connectivity index (χ4v) is 2.29. The molecule has 110 valence electrons. The van der Waals surface area contributed by atoms with E-state index in [0.29, 0.717) is 12.1 Å². The molecule has 21 heavy (non-hydrogen) atoms. The number of H-pyrrole nitrogens is 1. The Morgan fingerprint density at radius 3 is 2.67 bits per heavy atom. The molecule has 0 fully saturated rings. The topological polar surface area (TPSA) is 66.1 Å². The number of rotatable bonds is 3. The number of nitrogens with zero attached hydrogens (tertiary/aromatic N) is 2. The lowest BCUT2D eigenvalue weighted by molar-refractivity contribution is 0.0783. The lowest BCUT2D eigenvalue weighted by atomic mass is 10.2. The number of aryl methyl sites for hydroxylation is 2. The van der Waals surface area contributed by atoms with Crippen molar-refractivity contribution in [2.45, 2.75) is 20.4 Å². The number of hydrogen-bond acceptors (Lipinski definition) is 3. The Morgan fingerprint density at radius 2 is 2.05 bits per heavy atom. The number of pyridine rings is 2. The summed E-state index contributed by atoms with van der Waals surface area (Å²) in [5.41, 5.74) is 2.76. The summed E-state index contributed by atoms with van der Waals surface area (Å²) in [5, 5.41) is -0.00113. The van der Waals surface area contributed by atoms with Crippen LogP contribution in [-0.4, -0.2) is 27.8 Å². The minimum Gasteiger partial charge on any atom is -0.336 e. The van der Waals surface area contributed by atoms with Crippen molar-refractivity contribution in [3.8, 4) is 0 Å². The summed E-state index contributed by atoms with van der Waals surface area (Å²) in [7, 11) is 1.68. The van der Waals surface area contributed by atoms with Crippen LogP contribution in [0.2, 0.25) is 5.02 Å². The second-order valence-electron chi connectivity index (χ2n) is 5.00. The molecule has 0 saturated carbocycles. The van der Waals surface area contributed by atoms with Gasteiger partial charge in [0.05, 0.1) is 17.8 Å². The van der Waals surface area contributed by atoms with Gasteiger partial charge in [-0.05, 0) is 37.6 Å². The van der Waals surface area contributed by atoms with E-state index in [2.05, 4.69) is 9.97 Å². The molecule has 0 aliphatic heterocycles. The number of carbonyl (C=O) groups excluding carboxylic acids is 1. The molecule has 1 N–H and O–H groups in total. The highest BCUT2D eigenvalue weighted by Crippen LogP contribution is 2.11. The first kappa shape index (κ1) is 15.3. The van der Waals surface area contributed by atoms with Crippen LogP contribution >= 0.6 is 11.6 Å². The van der Waals surface area contributed by atoms with Crippen LogP contribution in [0.15, 0.2) is 29.2 Å². The highest BCUT2D eigenvalue weighted by atomic mass is 35.5. The van der Waals surface area contributed by atoms with E-state index >= 15 is 0 Å². The molecular weight excluding hydrogens is 290 g/mol. The van der Waals surface area contributed by atoms with E-state index in [4.69, 9.17) is 11.6 Å². The number of aromatic nitrogens is 2. The average Bonchev–Trinajstić information content (AvgIpc) is 2.39. The summed E-state index contributed by atoms with van der Waals surface area (Å²) in [6, 6.07) is 5.29. The Kier molecular flexibility index (Phi) is 4.43. The summed E-state index contributed by atoms with van der Waals surface area (Å²) in [5.74, 6) is -0.228. The van der Waals surface area contributed by atoms with Crippen molar-refractivity contribution < 1.29 is 4.79 Å². The van der Waals surface area contributed by atoms with Gasteiger partial charge in [0.25, 0.3) is 11.5 Å². The lowest BCUT2D eigenvalue weighted by Crippen LogP contribution is -2.27. The van der Waals surface area contributed by atoms with Crippen molar-refractivity contribution in [3.05, 3.63) is 62.3 Å². The van der Waals surface area contributed by atoms with Gasteiger partial charge in [-0.1, -0.05) is 11.6 Å². The molecule has 0 spiro atoms. The van der Waals surface area contributed by atoms with Gasteiger partial charge < -0.3 is 9.88 Å². The van der Waals surface area contributed by atoms with Gasteiger partial charge in [0.15, 0.2) is 0 Å². The van der Waals surface area contributed by atoms with Crippen LogP contribution in [0.5, 0.6) is 0 Å². The number of aromatic amines is 1. The molecule has 5 nitrogen and oxygen atoms in total. The molecule has 0 aliphatic carbocycles. The first-order chi connectivity index (χ1) is 9.86. The van der Waals surface area contributed by atoms with Crippen molar-refractivity contribution in [3.63, 3.8) is 0 Å². The van der Waals surface area contributed by atoms with Crippen molar-refractivity contribution in [1.29, 1.82) is 0 Å². The van der Waals surface area contributed by atoms with Crippen LogP contribution in [0.4, 0.5) is 0 Å². The second kappa shape index (κ2) is 6.10. The van der Waals surface area contributed by atoms with Gasteiger partial charge in [0.1, 0.15) is 5.02 Å². The highest BCUT2D eigenvalue weighted by molar-refractivity contribution is 6.30. The smallest absolute Gasteiger partial charge is 0.266 e. The molecular formula is C15H16ClN3O2. The number of nitrogens with one attached hydrogen (secondary N) is 1. The minimum absolute atomic E-state index is 0.00113. The summed E-state index contributed by atoms with van der Waals surface area (Å²) in [6.45, 7) is 4.29. The zero-order chi connectivity index (χ0) is 15.6. The van der Waals surface area contributed by atoms with E-state index in [9.17, 15) is 9.59 Å². The van der Waals surface area contributed by atoms with E-state index in [1.165, 1.54) is 17.2 Å². The standard InChI is InChI=1S/C15H16ClN3O2/c1-9-4-10(2)18-12(5-9)8-19(3)15(21)11-6-13(16)14(20)17-7-11/h4-7H,8H2,1-3H3,(H,17,20). The largest absolute Gasteiger partial charge is 0.336 e. The van der Waals surface area contributed by atoms with Gasteiger partial charge in [-0.2, -0.15) is 0 Å². The predicted octanol–water partition coefficient (Wildman–Crippen LogP) is 2.31. The van der Waals surface area contributed by atoms with E-state index in [1.54, 1.807) is 7.05 Å². The normalized spacial score (nSPS) is 10.5. The molecule has 0 radical (unpaired) electrons. The van der Waals surface area contributed by atoms with Crippen molar-refractivity contribution in [2.75, 3.05) is 7.05 Å². The van der Waals surface area contributed by atoms with Crippen LogP contribution in [0, 0.1) is 13.8 Å². The van der Waals surface area contributed by atoms with Crippen LogP contribution in [0.1, 0.15) is 27.3 Å². The molecule has 2 rings (SSSR count). The maximum absolute atomic E-state index is 12.3. The van der Waals surface area contributed by atoms with Gasteiger partial charge in [0, 0.05) is 18.9 Å². The average molecular weight is 306 g/mol. The van der Waals surface area contributed by atoms with E-state index in [0.717, 1.165) is 17.0 Å². The number of halogens is 1. The van der Waals surface area contributed by atoms with Crippen LogP contribution in [-0.2, 0) is 6.54 Å². The van der Waals surface area contributed by atoms with Crippen LogP contribution < -0.4 is 5.56 Å². The monoisotopic (exact) mass is 305 g/mol. The van der Waals surface area contributed by atoms with E-state index < -0.39 is 5.56 Å². The van der Waals surface area contributed by atoms with Gasteiger partial charge in [-0.25, -0.2) is 0 Å². The van der Waals surface area contributed by atoms with E-state index in [1.807, 2.05) is 26.0 Å². The fraction of sp³-hybridized carbons (Fsp3) is 0.267. The van der Waals surface area contributed by atoms with Gasteiger partial charge >= 0.3 is 0 Å². The van der Waals surface area contributed by atoms with Crippen molar-refractivity contribution in [2.24, 2.45) is 0 Å². The lowest BCUT2D eigenvalue weighted by Gasteiger charge is -2.17. The number of hydrogen-bond donors (Lipinski definition) is 1. The maximum Gasteiger partial charge on any atom is 0.266 e. The quantitative estimate of drug-likeness (QED) is 0.946. The molecule has 0 unspecified atom stereocenters. The molecule has 0 saturated heterocycles. The SMILES string of the molecule is Cc1cc(C)nc(CN(C)C(=O)c2c[nH]c(=O)c(Cl)c2)c1. The molecule has 0 aromatic carbocycles. The van der Waals surface area contributed by atoms with Crippen LogP contribution in [0.25, 0.3) is 0 Å². The summed E-state index contributed by atoms with van der Waals surface area (Å²) < 4.78 is 0. The van der Waals surface area contributed by atoms with Crippen molar-refractivity contribution >= 4 is 17.5 Å². The Hall–Kier alpha value is -2.14. The first-order valence-corrected chi connectivity index (χ1v) is 6.82. The molecule has 2 heterocycles. The third-order valence-corrected chi connectivity index (χ3v) is 3.28. The van der Waals surface area contributed by atoms with Gasteiger partial charge in [-0.15, -0.1) is 0 Å². The Labute approximate surface area is 127 Å². The molecule has 2 aromatic heterocycles. The summed E-state index contributed by atoms with van der Waals surface area (Å²) >= 11 is 5.74. The predicted molar refractivity (Wildman–Crippen MR) is 81.6 cm³/mol. The van der Waals surface area contributed by atoms with Crippen molar-refractivity contribution in [1.82, 2.24) is 14.9 Å². The molecule has 0 bridgehead atoms. The Morgan fingerprint density at radius 1 is 1.33 bits per heavy atom. The maximum atomic E-state index is 12.3. The molecule has 2 aromatic rings. The molecule has 0 atom stereocenters. The zero-order valence-electron chi connectivity index (χ0n) is 12.1. The fourth-order valence-electron chi connectivity index (χ4n) is 2.12. The molecule has 0 aliphatic rings. The van der Waals surface area contributed by atoms with Crippen LogP contribution in [0.3, 0.4) is 0 Å². The van der Waals surface area contributed by atoms with E-state index in [-0.39, 0.29) is 10.9 Å². The highest BCUT2D eigenvalue weighted by Gasteiger charge is 2.14. The Bertz CT molecular complexity index is 720. The number of carbonyl (C=O) groups is 1. The summed E-state index contributed by atoms with van der Waals surface area (Å²) in [4.78, 5) is 31.9. The number of amides is 1. The summed E-state index contributed by atoms with van der Waals surface area (Å²) in [6.07, 6.45) is 1.36. The first-order valence-electron chi connectivity index (χ1n) is 6.44. The Balaban J connectivity index is 2.19. The molecule has 1 amide bonds. The third-order valence-electron chi connectivity index (χ3n) is 3.00. The van der Waals surface area contributed by atoms with Gasteiger partial charge in [0.2, 0.25) is 0 Å².